The molecule has 178 valence electrons. The zero-order chi connectivity index (χ0) is 22.4. The molecule has 1 aliphatic rings. The van der Waals surface area contributed by atoms with Crippen molar-refractivity contribution in [2.24, 2.45) is 18.0 Å². The quantitative estimate of drug-likeness (QED) is 0.313. The summed E-state index contributed by atoms with van der Waals surface area (Å²) in [6.45, 7) is 13.2. The minimum atomic E-state index is 0. The maximum Gasteiger partial charge on any atom is 0.194 e. The third kappa shape index (κ3) is 7.08. The number of piperidine rings is 1. The van der Waals surface area contributed by atoms with Crippen LogP contribution in [0.1, 0.15) is 63.3 Å². The minimum absolute atomic E-state index is 0. The number of anilines is 1. The van der Waals surface area contributed by atoms with Crippen LogP contribution >= 0.6 is 24.0 Å². The van der Waals surface area contributed by atoms with E-state index in [2.05, 4.69) is 73.3 Å². The number of aryl methyl sites for hydroxylation is 1. The SMILES string of the molecule is CCNC(=NCc1ccc(N2CCC(C)CC2)nc1)N(C)Cc1cn(C)nc1C(C)C.I. The predicted octanol–water partition coefficient (Wildman–Crippen LogP) is 4.39. The molecule has 0 saturated carbocycles. The number of pyridine rings is 1. The van der Waals surface area contributed by atoms with E-state index in [9.17, 15) is 0 Å². The molecule has 1 saturated heterocycles. The molecule has 1 aliphatic heterocycles. The Balaban J connectivity index is 0.00000363. The number of halogens is 1. The van der Waals surface area contributed by atoms with Crippen LogP contribution in [-0.4, -0.2) is 52.3 Å². The molecule has 2 aromatic rings. The molecule has 1 N–H and O–H groups in total. The van der Waals surface area contributed by atoms with Gasteiger partial charge in [0.1, 0.15) is 5.82 Å². The standard InChI is InChI=1S/C24H39N7.HI/c1-7-25-24(29(5)16-21-17-30(6)28-23(21)18(2)3)27-15-20-8-9-22(26-14-20)31-12-10-19(4)11-13-31;/h8-9,14,17-19H,7,10-13,15-16H2,1-6H3,(H,25,27);1H. The Morgan fingerprint density at radius 2 is 2.00 bits per heavy atom. The third-order valence-electron chi connectivity index (χ3n) is 5.92. The largest absolute Gasteiger partial charge is 0.357 e. The predicted molar refractivity (Wildman–Crippen MR) is 144 cm³/mol. The van der Waals surface area contributed by atoms with Crippen LogP contribution in [0.4, 0.5) is 5.82 Å². The van der Waals surface area contributed by atoms with Gasteiger partial charge in [0.05, 0.1) is 12.2 Å². The lowest BCUT2D eigenvalue weighted by Gasteiger charge is -2.31. The summed E-state index contributed by atoms with van der Waals surface area (Å²) < 4.78 is 1.90. The molecule has 0 atom stereocenters. The van der Waals surface area contributed by atoms with Crippen molar-refractivity contribution in [3.63, 3.8) is 0 Å². The van der Waals surface area contributed by atoms with Gasteiger partial charge in [-0.2, -0.15) is 5.10 Å². The van der Waals surface area contributed by atoms with E-state index >= 15 is 0 Å². The molecule has 8 heteroatoms. The van der Waals surface area contributed by atoms with Crippen LogP contribution < -0.4 is 10.2 Å². The van der Waals surface area contributed by atoms with Gasteiger partial charge in [-0.15, -0.1) is 24.0 Å². The number of nitrogens with one attached hydrogen (secondary N) is 1. The fourth-order valence-electron chi connectivity index (χ4n) is 4.06. The topological polar surface area (TPSA) is 61.6 Å². The van der Waals surface area contributed by atoms with E-state index in [1.807, 2.05) is 17.9 Å². The molecule has 0 spiro atoms. The van der Waals surface area contributed by atoms with Gasteiger partial charge in [0.2, 0.25) is 0 Å². The zero-order valence-electron chi connectivity index (χ0n) is 20.5. The van der Waals surface area contributed by atoms with E-state index in [4.69, 9.17) is 9.98 Å². The van der Waals surface area contributed by atoms with Crippen LogP contribution in [0.3, 0.4) is 0 Å². The number of guanidine groups is 1. The lowest BCUT2D eigenvalue weighted by Crippen LogP contribution is -2.38. The number of rotatable bonds is 7. The second-order valence-electron chi connectivity index (χ2n) is 9.09. The van der Waals surface area contributed by atoms with Crippen molar-refractivity contribution < 1.29 is 0 Å². The maximum absolute atomic E-state index is 4.86. The molecule has 0 aliphatic carbocycles. The molecule has 1 fully saturated rings. The Kier molecular flexibility index (Phi) is 10.2. The highest BCUT2D eigenvalue weighted by atomic mass is 127. The van der Waals surface area contributed by atoms with E-state index < -0.39 is 0 Å². The van der Waals surface area contributed by atoms with Crippen molar-refractivity contribution in [3.05, 3.63) is 41.3 Å². The zero-order valence-corrected chi connectivity index (χ0v) is 22.8. The Morgan fingerprint density at radius 1 is 1.28 bits per heavy atom. The highest BCUT2D eigenvalue weighted by Crippen LogP contribution is 2.22. The number of hydrogen-bond acceptors (Lipinski definition) is 4. The average molecular weight is 554 g/mol. The van der Waals surface area contributed by atoms with Crippen LogP contribution in [0.5, 0.6) is 0 Å². The van der Waals surface area contributed by atoms with Crippen molar-refractivity contribution in [1.82, 2.24) is 25.0 Å². The summed E-state index contributed by atoms with van der Waals surface area (Å²) in [6.07, 6.45) is 6.58. The number of aromatic nitrogens is 3. The highest BCUT2D eigenvalue weighted by molar-refractivity contribution is 14.0. The van der Waals surface area contributed by atoms with Crippen LogP contribution in [0.15, 0.2) is 29.5 Å². The third-order valence-corrected chi connectivity index (χ3v) is 5.92. The van der Waals surface area contributed by atoms with Gasteiger partial charge in [-0.25, -0.2) is 9.98 Å². The molecule has 0 bridgehead atoms. The molecule has 7 nitrogen and oxygen atoms in total. The van der Waals surface area contributed by atoms with Crippen molar-refractivity contribution in [3.8, 4) is 0 Å². The van der Waals surface area contributed by atoms with Gasteiger partial charge in [-0.3, -0.25) is 4.68 Å². The summed E-state index contributed by atoms with van der Waals surface area (Å²) in [4.78, 5) is 14.1. The molecule has 3 heterocycles. The second-order valence-corrected chi connectivity index (χ2v) is 9.09. The first-order chi connectivity index (χ1) is 14.9. The normalized spacial score (nSPS) is 15.1. The number of aliphatic imine (C=N–C) groups is 1. The molecular weight excluding hydrogens is 513 g/mol. The second kappa shape index (κ2) is 12.4. The molecule has 32 heavy (non-hydrogen) atoms. The fraction of sp³-hybridized carbons (Fsp3) is 0.625. The van der Waals surface area contributed by atoms with Crippen molar-refractivity contribution in [2.75, 3.05) is 31.6 Å². The van der Waals surface area contributed by atoms with Gasteiger partial charge in [0.25, 0.3) is 0 Å². The molecule has 2 aromatic heterocycles. The number of hydrogen-bond donors (Lipinski definition) is 1. The summed E-state index contributed by atoms with van der Waals surface area (Å²) >= 11 is 0. The number of nitrogens with zero attached hydrogens (tertiary/aromatic N) is 6. The minimum Gasteiger partial charge on any atom is -0.357 e. The van der Waals surface area contributed by atoms with Crippen LogP contribution in [-0.2, 0) is 20.1 Å². The molecule has 0 aromatic carbocycles. The summed E-state index contributed by atoms with van der Waals surface area (Å²) in [5.41, 5.74) is 3.52. The Morgan fingerprint density at radius 3 is 2.59 bits per heavy atom. The van der Waals surface area contributed by atoms with Crippen molar-refractivity contribution in [2.45, 2.75) is 59.5 Å². The van der Waals surface area contributed by atoms with Gasteiger partial charge >= 0.3 is 0 Å². The van der Waals surface area contributed by atoms with Gasteiger partial charge in [-0.1, -0.05) is 26.8 Å². The lowest BCUT2D eigenvalue weighted by atomic mass is 9.99. The van der Waals surface area contributed by atoms with E-state index in [0.29, 0.717) is 12.5 Å². The molecular formula is C24H40IN7. The molecule has 3 rings (SSSR count). The first-order valence-corrected chi connectivity index (χ1v) is 11.6. The Bertz CT molecular complexity index is 852. The van der Waals surface area contributed by atoms with E-state index in [0.717, 1.165) is 55.1 Å². The summed E-state index contributed by atoms with van der Waals surface area (Å²) in [7, 11) is 4.06. The van der Waals surface area contributed by atoms with Crippen LogP contribution in [0.25, 0.3) is 0 Å². The monoisotopic (exact) mass is 553 g/mol. The summed E-state index contributed by atoms with van der Waals surface area (Å²) in [6, 6.07) is 4.30. The van der Waals surface area contributed by atoms with Gasteiger partial charge in [-0.05, 0) is 43.2 Å². The average Bonchev–Trinajstić information content (AvgIpc) is 3.12. The van der Waals surface area contributed by atoms with Crippen LogP contribution in [0, 0.1) is 5.92 Å². The van der Waals surface area contributed by atoms with E-state index in [1.54, 1.807) is 0 Å². The van der Waals surface area contributed by atoms with Gasteiger partial charge < -0.3 is 15.1 Å². The Hall–Kier alpha value is -1.84. The Labute approximate surface area is 210 Å². The fourth-order valence-corrected chi connectivity index (χ4v) is 4.06. The summed E-state index contributed by atoms with van der Waals surface area (Å²) in [5.74, 6) is 3.21. The lowest BCUT2D eigenvalue weighted by molar-refractivity contribution is 0.436. The smallest absolute Gasteiger partial charge is 0.194 e. The van der Waals surface area contributed by atoms with Crippen LogP contribution in [0.2, 0.25) is 0 Å². The van der Waals surface area contributed by atoms with Gasteiger partial charge in [0.15, 0.2) is 5.96 Å². The maximum atomic E-state index is 4.86. The highest BCUT2D eigenvalue weighted by Gasteiger charge is 2.17. The van der Waals surface area contributed by atoms with E-state index in [-0.39, 0.29) is 24.0 Å². The molecule has 0 amide bonds. The first kappa shape index (κ1) is 26.4. The van der Waals surface area contributed by atoms with E-state index in [1.165, 1.54) is 18.4 Å². The van der Waals surface area contributed by atoms with Crippen molar-refractivity contribution in [1.29, 1.82) is 0 Å². The summed E-state index contributed by atoms with van der Waals surface area (Å²) in [5, 5.41) is 8.05. The first-order valence-electron chi connectivity index (χ1n) is 11.6. The molecule has 0 radical (unpaired) electrons. The molecule has 0 unspecified atom stereocenters. The van der Waals surface area contributed by atoms with Crippen molar-refractivity contribution >= 4 is 35.8 Å². The van der Waals surface area contributed by atoms with Gasteiger partial charge in [0, 0.05) is 58.2 Å².